The predicted molar refractivity (Wildman–Crippen MR) is 63.1 cm³/mol. The molecule has 2 aliphatic heterocycles. The molecule has 102 valence electrons. The van der Waals surface area contributed by atoms with Gasteiger partial charge in [-0.1, -0.05) is 0 Å². The van der Waals surface area contributed by atoms with E-state index in [0.29, 0.717) is 19.6 Å². The number of urea groups is 1. The first-order chi connectivity index (χ1) is 8.72. The first kappa shape index (κ1) is 12.9. The summed E-state index contributed by atoms with van der Waals surface area (Å²) in [5.41, 5.74) is 0. The van der Waals surface area contributed by atoms with Gasteiger partial charge in [-0.25, -0.2) is 9.59 Å². The van der Waals surface area contributed by atoms with Crippen molar-refractivity contribution in [3.8, 4) is 0 Å². The molecule has 0 spiro atoms. The molecular weight excluding hydrogens is 238 g/mol. The number of carbonyl (C=O) groups excluding carboxylic acids is 2. The summed E-state index contributed by atoms with van der Waals surface area (Å²) in [6, 6.07) is 0.214. The maximum Gasteiger partial charge on any atom is 0.409 e. The number of aliphatic hydroxyl groups excluding tert-OH is 1. The topological polar surface area (TPSA) is 82.1 Å². The van der Waals surface area contributed by atoms with Gasteiger partial charge in [0, 0.05) is 32.2 Å². The fourth-order valence-electron chi connectivity index (χ4n) is 2.42. The minimum absolute atomic E-state index is 0.00342. The van der Waals surface area contributed by atoms with Crippen LogP contribution < -0.4 is 5.32 Å². The van der Waals surface area contributed by atoms with E-state index in [2.05, 4.69) is 5.32 Å². The Hall–Kier alpha value is -1.50. The van der Waals surface area contributed by atoms with Crippen molar-refractivity contribution in [3.63, 3.8) is 0 Å². The molecule has 0 aromatic carbocycles. The fourth-order valence-corrected chi connectivity index (χ4v) is 2.42. The van der Waals surface area contributed by atoms with Gasteiger partial charge in [0.25, 0.3) is 0 Å². The lowest BCUT2D eigenvalue weighted by Gasteiger charge is -2.35. The highest BCUT2D eigenvalue weighted by Gasteiger charge is 2.32. The number of aliphatic hydroxyl groups is 1. The first-order valence-electron chi connectivity index (χ1n) is 6.29. The molecule has 2 fully saturated rings. The standard InChI is InChI=1S/C11H19N3O4/c15-7-8-18-11(17)13-4-1-9(2-5-13)14-6-3-12-10(14)16/h9,15H,1-8H2,(H,12,16). The molecule has 2 heterocycles. The monoisotopic (exact) mass is 257 g/mol. The largest absolute Gasteiger partial charge is 0.447 e. The number of hydrogen-bond acceptors (Lipinski definition) is 4. The number of nitrogens with zero attached hydrogens (tertiary/aromatic N) is 2. The van der Waals surface area contributed by atoms with Gasteiger partial charge in [0.15, 0.2) is 0 Å². The van der Waals surface area contributed by atoms with Gasteiger partial charge >= 0.3 is 12.1 Å². The molecule has 0 aliphatic carbocycles. The number of carbonyl (C=O) groups is 2. The third kappa shape index (κ3) is 2.84. The minimum Gasteiger partial charge on any atom is -0.447 e. The molecule has 18 heavy (non-hydrogen) atoms. The number of nitrogens with one attached hydrogen (secondary N) is 1. The van der Waals surface area contributed by atoms with Crippen LogP contribution in [0, 0.1) is 0 Å². The van der Waals surface area contributed by atoms with Crippen LogP contribution in [-0.4, -0.2) is 72.5 Å². The minimum atomic E-state index is -0.381. The maximum atomic E-state index is 11.5. The van der Waals surface area contributed by atoms with Gasteiger partial charge in [-0.05, 0) is 12.8 Å². The average molecular weight is 257 g/mol. The maximum absolute atomic E-state index is 11.5. The summed E-state index contributed by atoms with van der Waals surface area (Å²) in [6.07, 6.45) is 1.18. The number of likely N-dealkylation sites (tertiary alicyclic amines) is 1. The highest BCUT2D eigenvalue weighted by Crippen LogP contribution is 2.18. The molecule has 0 aromatic heterocycles. The van der Waals surface area contributed by atoms with Gasteiger partial charge in [0.2, 0.25) is 0 Å². The van der Waals surface area contributed by atoms with E-state index in [4.69, 9.17) is 9.84 Å². The van der Waals surface area contributed by atoms with Gasteiger partial charge in [0.1, 0.15) is 6.61 Å². The Kier molecular flexibility index (Phi) is 4.24. The SMILES string of the molecule is O=C(OCCO)N1CCC(N2CCNC2=O)CC1. The number of amides is 3. The molecule has 0 radical (unpaired) electrons. The zero-order valence-corrected chi connectivity index (χ0v) is 10.3. The Labute approximate surface area is 106 Å². The van der Waals surface area contributed by atoms with Crippen LogP contribution in [0.25, 0.3) is 0 Å². The highest BCUT2D eigenvalue weighted by molar-refractivity contribution is 5.76. The van der Waals surface area contributed by atoms with Crippen molar-refractivity contribution in [2.75, 3.05) is 39.4 Å². The van der Waals surface area contributed by atoms with E-state index < -0.39 is 0 Å². The van der Waals surface area contributed by atoms with Crippen LogP contribution in [0.4, 0.5) is 9.59 Å². The second-order valence-electron chi connectivity index (χ2n) is 4.48. The summed E-state index contributed by atoms with van der Waals surface area (Å²) in [7, 11) is 0. The second-order valence-corrected chi connectivity index (χ2v) is 4.48. The van der Waals surface area contributed by atoms with Gasteiger partial charge in [-0.15, -0.1) is 0 Å². The Morgan fingerprint density at radius 1 is 1.39 bits per heavy atom. The van der Waals surface area contributed by atoms with Crippen LogP contribution in [0.5, 0.6) is 0 Å². The Balaban J connectivity index is 1.77. The smallest absolute Gasteiger partial charge is 0.409 e. The molecule has 2 aliphatic rings. The molecular formula is C11H19N3O4. The molecule has 7 nitrogen and oxygen atoms in total. The van der Waals surface area contributed by atoms with E-state index >= 15 is 0 Å². The molecule has 0 aromatic rings. The summed E-state index contributed by atoms with van der Waals surface area (Å²) < 4.78 is 4.86. The van der Waals surface area contributed by atoms with Crippen LogP contribution in [0.15, 0.2) is 0 Å². The summed E-state index contributed by atoms with van der Waals surface area (Å²) in [5.74, 6) is 0. The normalized spacial score (nSPS) is 21.1. The number of rotatable bonds is 3. The van der Waals surface area contributed by atoms with Crippen molar-refractivity contribution < 1.29 is 19.4 Å². The molecule has 2 rings (SSSR count). The second kappa shape index (κ2) is 5.90. The summed E-state index contributed by atoms with van der Waals surface area (Å²) in [6.45, 7) is 2.52. The Bertz CT molecular complexity index is 315. The fraction of sp³-hybridized carbons (Fsp3) is 0.818. The summed E-state index contributed by atoms with van der Waals surface area (Å²) in [4.78, 5) is 26.5. The Morgan fingerprint density at radius 2 is 2.11 bits per heavy atom. The van der Waals surface area contributed by atoms with Crippen LogP contribution in [0.3, 0.4) is 0 Å². The van der Waals surface area contributed by atoms with Crippen LogP contribution in [0.2, 0.25) is 0 Å². The average Bonchev–Trinajstić information content (AvgIpc) is 2.82. The third-order valence-corrected chi connectivity index (χ3v) is 3.37. The van der Waals surface area contributed by atoms with E-state index in [-0.39, 0.29) is 31.4 Å². The van der Waals surface area contributed by atoms with Gasteiger partial charge in [-0.3, -0.25) is 0 Å². The van der Waals surface area contributed by atoms with E-state index in [1.54, 1.807) is 4.90 Å². The molecule has 3 amide bonds. The zero-order valence-electron chi connectivity index (χ0n) is 10.3. The van der Waals surface area contributed by atoms with Crippen LogP contribution in [0.1, 0.15) is 12.8 Å². The molecule has 2 saturated heterocycles. The number of hydrogen-bond donors (Lipinski definition) is 2. The van der Waals surface area contributed by atoms with Crippen molar-refractivity contribution in [1.29, 1.82) is 0 Å². The van der Waals surface area contributed by atoms with Gasteiger partial charge in [-0.2, -0.15) is 0 Å². The van der Waals surface area contributed by atoms with Crippen molar-refractivity contribution in [3.05, 3.63) is 0 Å². The van der Waals surface area contributed by atoms with Crippen molar-refractivity contribution in [1.82, 2.24) is 15.1 Å². The zero-order chi connectivity index (χ0) is 13.0. The lowest BCUT2D eigenvalue weighted by Crippen LogP contribution is -2.47. The lowest BCUT2D eigenvalue weighted by molar-refractivity contribution is 0.0687. The van der Waals surface area contributed by atoms with Crippen LogP contribution in [-0.2, 0) is 4.74 Å². The molecule has 0 unspecified atom stereocenters. The molecule has 2 N–H and O–H groups in total. The first-order valence-corrected chi connectivity index (χ1v) is 6.29. The number of ether oxygens (including phenoxy) is 1. The van der Waals surface area contributed by atoms with E-state index in [1.807, 2.05) is 4.90 Å². The molecule has 0 saturated carbocycles. The highest BCUT2D eigenvalue weighted by atomic mass is 16.6. The molecule has 0 bridgehead atoms. The third-order valence-electron chi connectivity index (χ3n) is 3.37. The van der Waals surface area contributed by atoms with E-state index in [9.17, 15) is 9.59 Å². The van der Waals surface area contributed by atoms with Crippen LogP contribution >= 0.6 is 0 Å². The van der Waals surface area contributed by atoms with Gasteiger partial charge in [0.05, 0.1) is 6.61 Å². The predicted octanol–water partition coefficient (Wildman–Crippen LogP) is -0.395. The quantitative estimate of drug-likeness (QED) is 0.721. The lowest BCUT2D eigenvalue weighted by atomic mass is 10.0. The van der Waals surface area contributed by atoms with E-state index in [1.165, 1.54) is 0 Å². The van der Waals surface area contributed by atoms with Crippen molar-refractivity contribution in [2.45, 2.75) is 18.9 Å². The number of piperidine rings is 1. The van der Waals surface area contributed by atoms with E-state index in [0.717, 1.165) is 19.4 Å². The summed E-state index contributed by atoms with van der Waals surface area (Å²) in [5, 5.41) is 11.4. The molecule has 7 heteroatoms. The van der Waals surface area contributed by atoms with Crippen molar-refractivity contribution >= 4 is 12.1 Å². The Morgan fingerprint density at radius 3 is 2.67 bits per heavy atom. The summed E-state index contributed by atoms with van der Waals surface area (Å²) >= 11 is 0. The van der Waals surface area contributed by atoms with Crippen molar-refractivity contribution in [2.24, 2.45) is 0 Å². The van der Waals surface area contributed by atoms with Gasteiger partial charge < -0.3 is 25.0 Å². The molecule has 0 atom stereocenters.